The maximum atomic E-state index is 12.4. The minimum atomic E-state index is -2.38. The predicted octanol–water partition coefficient (Wildman–Crippen LogP) is 2.98. The van der Waals surface area contributed by atoms with E-state index in [1.165, 1.54) is 0 Å². The first-order valence-electron chi connectivity index (χ1n) is 7.08. The van der Waals surface area contributed by atoms with Crippen LogP contribution in [0, 0.1) is 0 Å². The Bertz CT molecular complexity index is 459. The lowest BCUT2D eigenvalue weighted by Gasteiger charge is -2.28. The van der Waals surface area contributed by atoms with Crippen LogP contribution in [0.1, 0.15) is 30.0 Å². The highest BCUT2D eigenvalue weighted by atomic mass is 32.2. The first-order valence-corrected chi connectivity index (χ1v) is 7.96. The Kier molecular flexibility index (Phi) is 6.41. The van der Waals surface area contributed by atoms with Crippen molar-refractivity contribution in [3.8, 4) is 0 Å². The fourth-order valence-corrected chi connectivity index (χ4v) is 3.27. The van der Waals surface area contributed by atoms with Gasteiger partial charge in [-0.1, -0.05) is 17.8 Å². The molecule has 0 bridgehead atoms. The Hall–Kier alpha value is -0.690. The topological polar surface area (TPSA) is 41.5 Å². The van der Waals surface area contributed by atoms with E-state index in [4.69, 9.17) is 4.74 Å². The van der Waals surface area contributed by atoms with Crippen molar-refractivity contribution in [2.75, 3.05) is 20.3 Å². The number of aliphatic hydroxyl groups is 1. The molecule has 21 heavy (non-hydrogen) atoms. The van der Waals surface area contributed by atoms with E-state index in [0.29, 0.717) is 29.8 Å². The van der Waals surface area contributed by atoms with Crippen molar-refractivity contribution in [2.45, 2.75) is 42.1 Å². The van der Waals surface area contributed by atoms with Crippen molar-refractivity contribution >= 4 is 11.8 Å². The van der Waals surface area contributed by atoms with E-state index >= 15 is 0 Å². The Labute approximate surface area is 128 Å². The molecule has 2 N–H and O–H groups in total. The van der Waals surface area contributed by atoms with Crippen molar-refractivity contribution in [3.05, 3.63) is 29.3 Å². The van der Waals surface area contributed by atoms with Gasteiger partial charge in [0, 0.05) is 24.6 Å². The zero-order valence-corrected chi connectivity index (χ0v) is 12.8. The van der Waals surface area contributed by atoms with E-state index in [0.717, 1.165) is 30.4 Å². The summed E-state index contributed by atoms with van der Waals surface area (Å²) in [5.41, 5.74) is 2.29. The number of fused-ring (bicyclic) bond motifs is 1. The van der Waals surface area contributed by atoms with Gasteiger partial charge in [-0.2, -0.15) is 8.78 Å². The summed E-state index contributed by atoms with van der Waals surface area (Å²) in [5, 5.41) is 13.0. The average Bonchev–Trinajstić information content (AvgIpc) is 2.44. The van der Waals surface area contributed by atoms with Gasteiger partial charge in [0.1, 0.15) is 0 Å². The third-order valence-corrected chi connectivity index (χ3v) is 4.32. The van der Waals surface area contributed by atoms with E-state index < -0.39 is 11.9 Å². The molecule has 2 unspecified atom stereocenters. The zero-order chi connectivity index (χ0) is 15.2. The first-order chi connectivity index (χ1) is 10.1. The van der Waals surface area contributed by atoms with Crippen LogP contribution in [0.5, 0.6) is 0 Å². The van der Waals surface area contributed by atoms with Crippen molar-refractivity contribution < 1.29 is 18.6 Å². The van der Waals surface area contributed by atoms with Gasteiger partial charge >= 0.3 is 0 Å². The zero-order valence-electron chi connectivity index (χ0n) is 12.0. The number of rotatable bonds is 7. The van der Waals surface area contributed by atoms with Crippen LogP contribution in [0.3, 0.4) is 0 Å². The van der Waals surface area contributed by atoms with Crippen LogP contribution in [0.15, 0.2) is 23.1 Å². The molecular weight excluding hydrogens is 296 g/mol. The summed E-state index contributed by atoms with van der Waals surface area (Å²) < 4.78 is 29.7. The summed E-state index contributed by atoms with van der Waals surface area (Å²) in [6.45, 7) is 0.766. The molecule has 1 aliphatic carbocycles. The lowest BCUT2D eigenvalue weighted by Crippen LogP contribution is -2.34. The third-order valence-electron chi connectivity index (χ3n) is 3.61. The highest BCUT2D eigenvalue weighted by Crippen LogP contribution is 2.34. The molecule has 0 aliphatic heterocycles. The van der Waals surface area contributed by atoms with Crippen LogP contribution in [-0.2, 0) is 11.2 Å². The Balaban J connectivity index is 2.02. The second-order valence-corrected chi connectivity index (χ2v) is 6.26. The highest BCUT2D eigenvalue weighted by molar-refractivity contribution is 7.99. The van der Waals surface area contributed by atoms with Gasteiger partial charge in [-0.05, 0) is 42.5 Å². The van der Waals surface area contributed by atoms with E-state index in [9.17, 15) is 13.9 Å². The molecule has 6 heteroatoms. The largest absolute Gasteiger partial charge is 0.389 e. The summed E-state index contributed by atoms with van der Waals surface area (Å²) in [4.78, 5) is 0.615. The normalized spacial score (nSPS) is 19.6. The van der Waals surface area contributed by atoms with Gasteiger partial charge in [0.25, 0.3) is 5.76 Å². The molecule has 0 saturated heterocycles. The molecular formula is C15H21F2NO2S. The molecule has 1 aromatic carbocycles. The number of methoxy groups -OCH3 is 1. The number of halogens is 2. The quantitative estimate of drug-likeness (QED) is 0.759. The van der Waals surface area contributed by atoms with E-state index in [1.807, 2.05) is 12.1 Å². The van der Waals surface area contributed by atoms with Crippen molar-refractivity contribution in [1.82, 2.24) is 5.32 Å². The second kappa shape index (κ2) is 8.08. The van der Waals surface area contributed by atoms with Crippen LogP contribution in [0.2, 0.25) is 0 Å². The maximum absolute atomic E-state index is 12.4. The van der Waals surface area contributed by atoms with Crippen LogP contribution in [-0.4, -0.2) is 37.2 Å². The van der Waals surface area contributed by atoms with Gasteiger partial charge in [0.05, 0.1) is 12.7 Å². The molecule has 0 aromatic heterocycles. The number of alkyl halides is 2. The number of hydrogen-bond donors (Lipinski definition) is 2. The monoisotopic (exact) mass is 317 g/mol. The number of aryl methyl sites for hydroxylation is 1. The fourth-order valence-electron chi connectivity index (χ4n) is 2.71. The molecule has 0 amide bonds. The predicted molar refractivity (Wildman–Crippen MR) is 79.9 cm³/mol. The Morgan fingerprint density at radius 2 is 2.29 bits per heavy atom. The van der Waals surface area contributed by atoms with Crippen molar-refractivity contribution in [2.24, 2.45) is 0 Å². The highest BCUT2D eigenvalue weighted by Gasteiger charge is 2.21. The SMILES string of the molecule is COCC(O)CNC1CCCc2cc(SC(F)F)ccc21. The number of aliphatic hydroxyl groups excluding tert-OH is 1. The lowest BCUT2D eigenvalue weighted by molar-refractivity contribution is 0.0622. The van der Waals surface area contributed by atoms with Gasteiger partial charge < -0.3 is 15.2 Å². The Morgan fingerprint density at radius 1 is 1.48 bits per heavy atom. The third kappa shape index (κ3) is 4.92. The van der Waals surface area contributed by atoms with Crippen molar-refractivity contribution in [1.29, 1.82) is 0 Å². The molecule has 0 radical (unpaired) electrons. The minimum absolute atomic E-state index is 0.172. The summed E-state index contributed by atoms with van der Waals surface area (Å²) in [7, 11) is 1.56. The standard InChI is InChI=1S/C15H21F2NO2S/c1-20-9-11(19)8-18-14-4-2-3-10-7-12(21-15(16)17)5-6-13(10)14/h5-7,11,14-15,18-19H,2-4,8-9H2,1H3. The summed E-state index contributed by atoms with van der Waals surface area (Å²) in [6, 6.07) is 5.72. The van der Waals surface area contributed by atoms with Crippen LogP contribution in [0.25, 0.3) is 0 Å². The van der Waals surface area contributed by atoms with Gasteiger partial charge in [-0.25, -0.2) is 0 Å². The number of nitrogens with one attached hydrogen (secondary N) is 1. The smallest absolute Gasteiger partial charge is 0.288 e. The molecule has 1 aromatic rings. The van der Waals surface area contributed by atoms with E-state index in [1.54, 1.807) is 13.2 Å². The maximum Gasteiger partial charge on any atom is 0.288 e. The van der Waals surface area contributed by atoms with Gasteiger partial charge in [-0.15, -0.1) is 0 Å². The van der Waals surface area contributed by atoms with Gasteiger partial charge in [-0.3, -0.25) is 0 Å². The molecule has 118 valence electrons. The number of hydrogen-bond acceptors (Lipinski definition) is 4. The van der Waals surface area contributed by atoms with Crippen LogP contribution < -0.4 is 5.32 Å². The van der Waals surface area contributed by atoms with Crippen LogP contribution >= 0.6 is 11.8 Å². The molecule has 3 nitrogen and oxygen atoms in total. The lowest BCUT2D eigenvalue weighted by atomic mass is 9.87. The number of ether oxygens (including phenoxy) is 1. The summed E-state index contributed by atoms with van der Waals surface area (Å²) in [5.74, 6) is -2.38. The minimum Gasteiger partial charge on any atom is -0.389 e. The number of thioether (sulfide) groups is 1. The molecule has 2 atom stereocenters. The fraction of sp³-hybridized carbons (Fsp3) is 0.600. The summed E-state index contributed by atoms with van der Waals surface area (Å²) in [6.07, 6.45) is 2.40. The van der Waals surface area contributed by atoms with E-state index in [2.05, 4.69) is 5.32 Å². The van der Waals surface area contributed by atoms with E-state index in [-0.39, 0.29) is 6.04 Å². The molecule has 0 spiro atoms. The van der Waals surface area contributed by atoms with Crippen LogP contribution in [0.4, 0.5) is 8.78 Å². The molecule has 0 saturated carbocycles. The second-order valence-electron chi connectivity index (χ2n) is 5.20. The molecule has 0 heterocycles. The summed E-state index contributed by atoms with van der Waals surface area (Å²) >= 11 is 0.587. The molecule has 1 aliphatic rings. The van der Waals surface area contributed by atoms with Crippen molar-refractivity contribution in [3.63, 3.8) is 0 Å². The first kappa shape index (κ1) is 16.7. The molecule has 0 fully saturated rings. The molecule has 2 rings (SSSR count). The Morgan fingerprint density at radius 3 is 3.00 bits per heavy atom. The average molecular weight is 317 g/mol. The van der Waals surface area contributed by atoms with Gasteiger partial charge in [0.2, 0.25) is 0 Å². The van der Waals surface area contributed by atoms with Gasteiger partial charge in [0.15, 0.2) is 0 Å². The number of benzene rings is 1.